The molecule has 5 nitrogen and oxygen atoms in total. The van der Waals surface area contributed by atoms with Crippen molar-refractivity contribution < 1.29 is 4.79 Å². The molecule has 2 heterocycles. The van der Waals surface area contributed by atoms with E-state index in [1.165, 1.54) is 31.2 Å². The van der Waals surface area contributed by atoms with Crippen LogP contribution in [0.25, 0.3) is 0 Å². The summed E-state index contributed by atoms with van der Waals surface area (Å²) in [5, 5.41) is 6.23. The molecule has 0 saturated carbocycles. The Hall–Kier alpha value is -1.62. The van der Waals surface area contributed by atoms with Crippen molar-refractivity contribution in [3.63, 3.8) is 0 Å². The normalized spacial score (nSPS) is 19.9. The molecule has 0 aromatic carbocycles. The number of piperidine rings is 1. The third kappa shape index (κ3) is 3.42. The van der Waals surface area contributed by atoms with Crippen LogP contribution in [-0.2, 0) is 0 Å². The SMILES string of the molecule is O=C(NCC1CCCCN1)c1ccc(=O)[nH]c1. The molecule has 1 aromatic heterocycles. The first kappa shape index (κ1) is 11.9. The fourth-order valence-electron chi connectivity index (χ4n) is 1.97. The lowest BCUT2D eigenvalue weighted by atomic mass is 10.1. The Morgan fingerprint density at radius 1 is 1.41 bits per heavy atom. The minimum absolute atomic E-state index is 0.145. The van der Waals surface area contributed by atoms with Crippen LogP contribution in [0.15, 0.2) is 23.1 Å². The van der Waals surface area contributed by atoms with E-state index in [1.807, 2.05) is 0 Å². The number of rotatable bonds is 3. The predicted octanol–water partition coefficient (Wildman–Crippen LogP) is 0.247. The lowest BCUT2D eigenvalue weighted by Gasteiger charge is -2.23. The first-order valence-electron chi connectivity index (χ1n) is 5.96. The Bertz CT molecular complexity index is 415. The summed E-state index contributed by atoms with van der Waals surface area (Å²) < 4.78 is 0. The van der Waals surface area contributed by atoms with E-state index in [1.54, 1.807) is 0 Å². The first-order chi connectivity index (χ1) is 8.25. The second-order valence-corrected chi connectivity index (χ2v) is 4.30. The van der Waals surface area contributed by atoms with E-state index in [2.05, 4.69) is 15.6 Å². The Morgan fingerprint density at radius 3 is 2.94 bits per heavy atom. The van der Waals surface area contributed by atoms with Crippen molar-refractivity contribution in [3.05, 3.63) is 34.2 Å². The molecule has 17 heavy (non-hydrogen) atoms. The third-order valence-corrected chi connectivity index (χ3v) is 2.97. The predicted molar refractivity (Wildman–Crippen MR) is 65.0 cm³/mol. The molecular formula is C12H17N3O2. The topological polar surface area (TPSA) is 74.0 Å². The summed E-state index contributed by atoms with van der Waals surface area (Å²) in [4.78, 5) is 25.1. The Balaban J connectivity index is 1.84. The molecule has 0 spiro atoms. The van der Waals surface area contributed by atoms with Gasteiger partial charge in [0.05, 0.1) is 5.56 Å². The van der Waals surface area contributed by atoms with Crippen molar-refractivity contribution in [2.45, 2.75) is 25.3 Å². The van der Waals surface area contributed by atoms with Crippen molar-refractivity contribution in [2.75, 3.05) is 13.1 Å². The van der Waals surface area contributed by atoms with Crippen molar-refractivity contribution in [3.8, 4) is 0 Å². The van der Waals surface area contributed by atoms with Gasteiger partial charge in [-0.05, 0) is 25.5 Å². The van der Waals surface area contributed by atoms with Gasteiger partial charge in [-0.1, -0.05) is 6.42 Å². The molecule has 1 fully saturated rings. The molecule has 3 N–H and O–H groups in total. The van der Waals surface area contributed by atoms with Gasteiger partial charge in [0.25, 0.3) is 5.91 Å². The Morgan fingerprint density at radius 2 is 2.29 bits per heavy atom. The Labute approximate surface area is 99.6 Å². The number of pyridine rings is 1. The maximum absolute atomic E-state index is 11.7. The van der Waals surface area contributed by atoms with Crippen molar-refractivity contribution in [1.29, 1.82) is 0 Å². The molecule has 0 bridgehead atoms. The van der Waals surface area contributed by atoms with E-state index in [-0.39, 0.29) is 11.5 Å². The van der Waals surface area contributed by atoms with E-state index >= 15 is 0 Å². The van der Waals surface area contributed by atoms with Crippen LogP contribution < -0.4 is 16.2 Å². The Kier molecular flexibility index (Phi) is 3.93. The van der Waals surface area contributed by atoms with Gasteiger partial charge in [0.15, 0.2) is 0 Å². The number of H-pyrrole nitrogens is 1. The highest BCUT2D eigenvalue weighted by molar-refractivity contribution is 5.93. The number of amides is 1. The standard InChI is InChI=1S/C12H17N3O2/c16-11-5-4-9(7-14-11)12(17)15-8-10-3-1-2-6-13-10/h4-5,7,10,13H,1-3,6,8H2,(H,14,16)(H,15,17). The maximum Gasteiger partial charge on any atom is 0.252 e. The van der Waals surface area contributed by atoms with Crippen LogP contribution in [0, 0.1) is 0 Å². The molecule has 1 aliphatic heterocycles. The summed E-state index contributed by atoms with van der Waals surface area (Å²) in [5.74, 6) is -0.145. The van der Waals surface area contributed by atoms with E-state index in [0.717, 1.165) is 13.0 Å². The number of aromatic nitrogens is 1. The fraction of sp³-hybridized carbons (Fsp3) is 0.500. The van der Waals surface area contributed by atoms with Gasteiger partial charge in [0.2, 0.25) is 5.56 Å². The van der Waals surface area contributed by atoms with E-state index in [9.17, 15) is 9.59 Å². The van der Waals surface area contributed by atoms with Crippen LogP contribution in [0.5, 0.6) is 0 Å². The smallest absolute Gasteiger partial charge is 0.252 e. The highest BCUT2D eigenvalue weighted by Gasteiger charge is 2.13. The lowest BCUT2D eigenvalue weighted by Crippen LogP contribution is -2.43. The van der Waals surface area contributed by atoms with Crippen LogP contribution in [0.4, 0.5) is 0 Å². The fourth-order valence-corrected chi connectivity index (χ4v) is 1.97. The average Bonchev–Trinajstić information content (AvgIpc) is 2.38. The van der Waals surface area contributed by atoms with Gasteiger partial charge in [-0.25, -0.2) is 0 Å². The number of carbonyl (C=O) groups excluding carboxylic acids is 1. The van der Waals surface area contributed by atoms with E-state index < -0.39 is 0 Å². The summed E-state index contributed by atoms with van der Waals surface area (Å²) in [6.45, 7) is 1.66. The van der Waals surface area contributed by atoms with Gasteiger partial charge in [-0.15, -0.1) is 0 Å². The zero-order valence-corrected chi connectivity index (χ0v) is 9.66. The van der Waals surface area contributed by atoms with Gasteiger partial charge in [0.1, 0.15) is 0 Å². The molecule has 1 unspecified atom stereocenters. The van der Waals surface area contributed by atoms with Gasteiger partial charge >= 0.3 is 0 Å². The summed E-state index contributed by atoms with van der Waals surface area (Å²) in [6, 6.07) is 3.26. The van der Waals surface area contributed by atoms with Crippen molar-refractivity contribution >= 4 is 5.91 Å². The monoisotopic (exact) mass is 235 g/mol. The van der Waals surface area contributed by atoms with E-state index in [4.69, 9.17) is 0 Å². The number of hydrogen-bond donors (Lipinski definition) is 3. The van der Waals surface area contributed by atoms with Gasteiger partial charge in [-0.2, -0.15) is 0 Å². The van der Waals surface area contributed by atoms with Gasteiger partial charge in [-0.3, -0.25) is 9.59 Å². The largest absolute Gasteiger partial charge is 0.350 e. The molecule has 1 aliphatic rings. The molecule has 5 heteroatoms. The quantitative estimate of drug-likeness (QED) is 0.703. The minimum atomic E-state index is -0.199. The minimum Gasteiger partial charge on any atom is -0.350 e. The highest BCUT2D eigenvalue weighted by Crippen LogP contribution is 2.05. The molecule has 92 valence electrons. The average molecular weight is 235 g/mol. The number of aromatic amines is 1. The summed E-state index contributed by atoms with van der Waals surface area (Å²) in [6.07, 6.45) is 4.97. The molecule has 0 aliphatic carbocycles. The van der Waals surface area contributed by atoms with Crippen LogP contribution in [0.3, 0.4) is 0 Å². The molecule has 1 aromatic rings. The van der Waals surface area contributed by atoms with Crippen LogP contribution in [-0.4, -0.2) is 30.0 Å². The second-order valence-electron chi connectivity index (χ2n) is 4.30. The zero-order valence-electron chi connectivity index (χ0n) is 9.66. The lowest BCUT2D eigenvalue weighted by molar-refractivity contribution is 0.0947. The molecule has 1 atom stereocenters. The van der Waals surface area contributed by atoms with Crippen LogP contribution >= 0.6 is 0 Å². The number of carbonyl (C=O) groups is 1. The van der Waals surface area contributed by atoms with Crippen LogP contribution in [0.2, 0.25) is 0 Å². The molecule has 2 rings (SSSR count). The van der Waals surface area contributed by atoms with Gasteiger partial charge in [0, 0.05) is 24.8 Å². The summed E-state index contributed by atoms with van der Waals surface area (Å²) >= 11 is 0. The van der Waals surface area contributed by atoms with Gasteiger partial charge < -0.3 is 15.6 Å². The van der Waals surface area contributed by atoms with Crippen molar-refractivity contribution in [1.82, 2.24) is 15.6 Å². The molecule has 1 amide bonds. The first-order valence-corrected chi connectivity index (χ1v) is 5.96. The summed E-state index contributed by atoms with van der Waals surface area (Å²) in [5.41, 5.74) is 0.288. The molecule has 1 saturated heterocycles. The van der Waals surface area contributed by atoms with Crippen molar-refractivity contribution in [2.24, 2.45) is 0 Å². The third-order valence-electron chi connectivity index (χ3n) is 2.97. The summed E-state index contributed by atoms with van der Waals surface area (Å²) in [7, 11) is 0. The molecule has 0 radical (unpaired) electrons. The highest BCUT2D eigenvalue weighted by atomic mass is 16.1. The zero-order chi connectivity index (χ0) is 12.1. The number of nitrogens with one attached hydrogen (secondary N) is 3. The molecular weight excluding hydrogens is 218 g/mol. The van der Waals surface area contributed by atoms with Crippen LogP contribution in [0.1, 0.15) is 29.6 Å². The maximum atomic E-state index is 11.7. The second kappa shape index (κ2) is 5.63. The van der Waals surface area contributed by atoms with E-state index in [0.29, 0.717) is 18.2 Å². The number of hydrogen-bond acceptors (Lipinski definition) is 3.